The van der Waals surface area contributed by atoms with Gasteiger partial charge in [-0.25, -0.2) is 0 Å². The average Bonchev–Trinajstić information content (AvgIpc) is 2.16. The van der Waals surface area contributed by atoms with Crippen molar-refractivity contribution < 1.29 is 9.90 Å². The van der Waals surface area contributed by atoms with Crippen molar-refractivity contribution in [3.63, 3.8) is 0 Å². The Balaban J connectivity index is 2.53. The lowest BCUT2D eigenvalue weighted by Crippen LogP contribution is -2.27. The Hall–Kier alpha value is -1.03. The molecule has 0 amide bonds. The van der Waals surface area contributed by atoms with E-state index in [0.29, 0.717) is 5.75 Å². The molecule has 0 bridgehead atoms. The Morgan fingerprint density at radius 3 is 2.79 bits per heavy atom. The van der Waals surface area contributed by atoms with Gasteiger partial charge >= 0.3 is 5.97 Å². The molecule has 0 fully saturated rings. The topological polar surface area (TPSA) is 50.2 Å². The molecular formula is C10H13NO2S. The summed E-state index contributed by atoms with van der Waals surface area (Å²) in [5.74, 6) is -0.168. The molecule has 0 spiro atoms. The molecule has 4 heteroatoms. The van der Waals surface area contributed by atoms with Crippen LogP contribution >= 0.6 is 11.8 Å². The van der Waals surface area contributed by atoms with Gasteiger partial charge in [0.2, 0.25) is 0 Å². The van der Waals surface area contributed by atoms with Gasteiger partial charge in [0.05, 0.1) is 5.69 Å². The van der Waals surface area contributed by atoms with E-state index in [4.69, 9.17) is 5.11 Å². The minimum absolute atomic E-state index is 0.625. The summed E-state index contributed by atoms with van der Waals surface area (Å²) in [5, 5.41) is 8.88. The van der Waals surface area contributed by atoms with Crippen molar-refractivity contribution in [2.24, 2.45) is 0 Å². The number of hydrogen-bond donors (Lipinski definition) is 1. The fourth-order valence-corrected chi connectivity index (χ4v) is 1.60. The number of carboxylic acids is 1. The van der Waals surface area contributed by atoms with Crippen LogP contribution in [-0.4, -0.2) is 20.8 Å². The fraction of sp³-hybridized carbons (Fsp3) is 0.400. The second-order valence-corrected chi connectivity index (χ2v) is 5.02. The Labute approximate surface area is 87.6 Å². The summed E-state index contributed by atoms with van der Waals surface area (Å²) >= 11 is 1.38. The number of carbonyl (C=O) groups is 1. The van der Waals surface area contributed by atoms with Gasteiger partial charge in [0, 0.05) is 11.9 Å². The van der Waals surface area contributed by atoms with Crippen molar-refractivity contribution in [3.05, 3.63) is 30.1 Å². The van der Waals surface area contributed by atoms with Crippen molar-refractivity contribution in [1.82, 2.24) is 4.98 Å². The molecule has 1 N–H and O–H groups in total. The van der Waals surface area contributed by atoms with Gasteiger partial charge in [0.25, 0.3) is 0 Å². The van der Waals surface area contributed by atoms with Gasteiger partial charge in [-0.15, -0.1) is 11.8 Å². The number of pyridine rings is 1. The van der Waals surface area contributed by atoms with Crippen molar-refractivity contribution in [3.8, 4) is 0 Å². The van der Waals surface area contributed by atoms with E-state index in [1.54, 1.807) is 20.0 Å². The van der Waals surface area contributed by atoms with E-state index in [2.05, 4.69) is 4.98 Å². The lowest BCUT2D eigenvalue weighted by atomic mass is 10.2. The van der Waals surface area contributed by atoms with Crippen LogP contribution in [0.15, 0.2) is 24.4 Å². The van der Waals surface area contributed by atoms with Gasteiger partial charge in [-0.2, -0.15) is 0 Å². The highest BCUT2D eigenvalue weighted by Crippen LogP contribution is 2.27. The van der Waals surface area contributed by atoms with E-state index >= 15 is 0 Å². The first-order valence-electron chi connectivity index (χ1n) is 4.29. The summed E-state index contributed by atoms with van der Waals surface area (Å²) < 4.78 is -0.752. The second kappa shape index (κ2) is 4.46. The SMILES string of the molecule is CC(C)(SCc1ccccn1)C(=O)O. The number of nitrogens with zero attached hydrogens (tertiary/aromatic N) is 1. The maximum atomic E-state index is 10.8. The first kappa shape index (κ1) is 11.0. The zero-order chi connectivity index (χ0) is 10.6. The maximum Gasteiger partial charge on any atom is 0.319 e. The molecule has 0 saturated carbocycles. The molecule has 0 aromatic carbocycles. The largest absolute Gasteiger partial charge is 0.480 e. The van der Waals surface area contributed by atoms with Crippen LogP contribution in [-0.2, 0) is 10.5 Å². The predicted octanol–water partition coefficient (Wildman–Crippen LogP) is 2.18. The molecule has 1 rings (SSSR count). The van der Waals surface area contributed by atoms with E-state index < -0.39 is 10.7 Å². The highest BCUT2D eigenvalue weighted by Gasteiger charge is 2.27. The highest BCUT2D eigenvalue weighted by molar-refractivity contribution is 8.00. The summed E-state index contributed by atoms with van der Waals surface area (Å²) in [6.45, 7) is 3.39. The molecule has 0 aliphatic carbocycles. The summed E-state index contributed by atoms with van der Waals surface area (Å²) in [4.78, 5) is 14.9. The minimum Gasteiger partial charge on any atom is -0.480 e. The van der Waals surface area contributed by atoms with E-state index in [1.807, 2.05) is 18.2 Å². The minimum atomic E-state index is -0.793. The molecule has 3 nitrogen and oxygen atoms in total. The molecule has 0 aliphatic heterocycles. The average molecular weight is 211 g/mol. The zero-order valence-corrected chi connectivity index (χ0v) is 9.04. The molecular weight excluding hydrogens is 198 g/mol. The number of aromatic nitrogens is 1. The molecule has 1 heterocycles. The van der Waals surface area contributed by atoms with E-state index in [9.17, 15) is 4.79 Å². The third-order valence-corrected chi connectivity index (χ3v) is 3.16. The third-order valence-electron chi connectivity index (χ3n) is 1.82. The van der Waals surface area contributed by atoms with Gasteiger partial charge in [0.15, 0.2) is 0 Å². The zero-order valence-electron chi connectivity index (χ0n) is 8.23. The molecule has 76 valence electrons. The maximum absolute atomic E-state index is 10.8. The Bertz CT molecular complexity index is 311. The van der Waals surface area contributed by atoms with Crippen LogP contribution in [0.1, 0.15) is 19.5 Å². The van der Waals surface area contributed by atoms with Crippen LogP contribution in [0.5, 0.6) is 0 Å². The van der Waals surface area contributed by atoms with Gasteiger partial charge in [-0.1, -0.05) is 6.07 Å². The number of aliphatic carboxylic acids is 1. The van der Waals surface area contributed by atoms with E-state index in [-0.39, 0.29) is 0 Å². The predicted molar refractivity (Wildman–Crippen MR) is 57.2 cm³/mol. The normalized spacial score (nSPS) is 11.3. The standard InChI is InChI=1S/C10H13NO2S/c1-10(2,9(12)13)14-7-8-5-3-4-6-11-8/h3-6H,7H2,1-2H3,(H,12,13). The van der Waals surface area contributed by atoms with Crippen LogP contribution in [0, 0.1) is 0 Å². The van der Waals surface area contributed by atoms with Crippen molar-refractivity contribution in [1.29, 1.82) is 0 Å². The number of carboxylic acid groups (broad SMARTS) is 1. The van der Waals surface area contributed by atoms with Gasteiger partial charge < -0.3 is 5.11 Å². The molecule has 0 unspecified atom stereocenters. The number of thioether (sulfide) groups is 1. The molecule has 1 aromatic heterocycles. The van der Waals surface area contributed by atoms with Gasteiger partial charge in [-0.3, -0.25) is 9.78 Å². The lowest BCUT2D eigenvalue weighted by Gasteiger charge is -2.17. The molecule has 14 heavy (non-hydrogen) atoms. The molecule has 1 aromatic rings. The van der Waals surface area contributed by atoms with Crippen LogP contribution in [0.4, 0.5) is 0 Å². The molecule has 0 atom stereocenters. The monoisotopic (exact) mass is 211 g/mol. The van der Waals surface area contributed by atoms with E-state index in [1.165, 1.54) is 11.8 Å². The Morgan fingerprint density at radius 1 is 1.57 bits per heavy atom. The quantitative estimate of drug-likeness (QED) is 0.829. The van der Waals surface area contributed by atoms with Gasteiger partial charge in [0.1, 0.15) is 4.75 Å². The Kier molecular flexibility index (Phi) is 3.52. The molecule has 0 aliphatic rings. The van der Waals surface area contributed by atoms with Crippen molar-refractivity contribution in [2.75, 3.05) is 0 Å². The number of hydrogen-bond acceptors (Lipinski definition) is 3. The first-order valence-corrected chi connectivity index (χ1v) is 5.28. The summed E-state index contributed by atoms with van der Waals surface area (Å²) in [7, 11) is 0. The summed E-state index contributed by atoms with van der Waals surface area (Å²) in [6, 6.07) is 5.64. The lowest BCUT2D eigenvalue weighted by molar-refractivity contribution is -0.138. The first-order chi connectivity index (χ1) is 6.52. The summed E-state index contributed by atoms with van der Waals surface area (Å²) in [6.07, 6.45) is 1.71. The van der Waals surface area contributed by atoms with Crippen LogP contribution < -0.4 is 0 Å². The van der Waals surface area contributed by atoms with Gasteiger partial charge in [-0.05, 0) is 26.0 Å². The van der Waals surface area contributed by atoms with Crippen LogP contribution in [0.3, 0.4) is 0 Å². The smallest absolute Gasteiger partial charge is 0.319 e. The second-order valence-electron chi connectivity index (χ2n) is 3.43. The fourth-order valence-electron chi connectivity index (χ4n) is 0.800. The Morgan fingerprint density at radius 2 is 2.29 bits per heavy atom. The van der Waals surface area contributed by atoms with Crippen molar-refractivity contribution in [2.45, 2.75) is 24.3 Å². The summed E-state index contributed by atoms with van der Waals surface area (Å²) in [5.41, 5.74) is 0.909. The molecule has 0 radical (unpaired) electrons. The van der Waals surface area contributed by atoms with Crippen LogP contribution in [0.25, 0.3) is 0 Å². The molecule has 0 saturated heterocycles. The van der Waals surface area contributed by atoms with Crippen LogP contribution in [0.2, 0.25) is 0 Å². The number of rotatable bonds is 4. The third kappa shape index (κ3) is 3.03. The van der Waals surface area contributed by atoms with Crippen molar-refractivity contribution >= 4 is 17.7 Å². The highest BCUT2D eigenvalue weighted by atomic mass is 32.2. The van der Waals surface area contributed by atoms with E-state index in [0.717, 1.165) is 5.69 Å².